The fourth-order valence-corrected chi connectivity index (χ4v) is 2.56. The molecule has 6 heteroatoms. The van der Waals surface area contributed by atoms with Crippen molar-refractivity contribution < 1.29 is 4.79 Å². The standard InChI is InChI=1S/C12H12ClN3OS/c13-10-2-1-9(18-10)4-6-16-12(17)8-3-5-15-11(14)7-8/h1-3,5,7H,4,6H2,(H2,14,15)(H,16,17). The van der Waals surface area contributed by atoms with E-state index in [0.717, 1.165) is 15.6 Å². The van der Waals surface area contributed by atoms with Crippen molar-refractivity contribution in [2.45, 2.75) is 6.42 Å². The number of anilines is 1. The molecule has 0 bridgehead atoms. The van der Waals surface area contributed by atoms with Crippen LogP contribution in [-0.4, -0.2) is 17.4 Å². The minimum Gasteiger partial charge on any atom is -0.384 e. The normalized spacial score (nSPS) is 10.3. The van der Waals surface area contributed by atoms with Gasteiger partial charge >= 0.3 is 0 Å². The fraction of sp³-hybridized carbons (Fsp3) is 0.167. The lowest BCUT2D eigenvalue weighted by Crippen LogP contribution is -2.25. The SMILES string of the molecule is Nc1cc(C(=O)NCCc2ccc(Cl)s2)ccn1. The lowest BCUT2D eigenvalue weighted by Gasteiger charge is -2.04. The zero-order valence-corrected chi connectivity index (χ0v) is 11.1. The van der Waals surface area contributed by atoms with Crippen LogP contribution in [0.5, 0.6) is 0 Å². The maximum absolute atomic E-state index is 11.8. The summed E-state index contributed by atoms with van der Waals surface area (Å²) in [6.45, 7) is 0.567. The molecule has 0 saturated heterocycles. The van der Waals surface area contributed by atoms with Crippen molar-refractivity contribution in [2.75, 3.05) is 12.3 Å². The van der Waals surface area contributed by atoms with Gasteiger partial charge in [-0.25, -0.2) is 4.98 Å². The average Bonchev–Trinajstić information content (AvgIpc) is 2.75. The molecule has 1 amide bonds. The van der Waals surface area contributed by atoms with E-state index in [0.29, 0.717) is 17.9 Å². The predicted molar refractivity (Wildman–Crippen MR) is 74.0 cm³/mol. The Bertz CT molecular complexity index is 556. The Balaban J connectivity index is 1.85. The first kappa shape index (κ1) is 12.9. The number of nitrogens with two attached hydrogens (primary N) is 1. The molecule has 0 aliphatic rings. The highest BCUT2D eigenvalue weighted by atomic mass is 35.5. The number of rotatable bonds is 4. The van der Waals surface area contributed by atoms with Crippen molar-refractivity contribution in [1.82, 2.24) is 10.3 Å². The zero-order chi connectivity index (χ0) is 13.0. The van der Waals surface area contributed by atoms with Crippen LogP contribution in [0.15, 0.2) is 30.5 Å². The van der Waals surface area contributed by atoms with E-state index in [1.54, 1.807) is 12.1 Å². The van der Waals surface area contributed by atoms with Crippen LogP contribution in [0.4, 0.5) is 5.82 Å². The van der Waals surface area contributed by atoms with Gasteiger partial charge in [0.1, 0.15) is 5.82 Å². The van der Waals surface area contributed by atoms with Crippen molar-refractivity contribution in [3.05, 3.63) is 45.2 Å². The smallest absolute Gasteiger partial charge is 0.251 e. The van der Waals surface area contributed by atoms with Gasteiger partial charge in [0.05, 0.1) is 4.34 Å². The Kier molecular flexibility index (Phi) is 4.17. The molecule has 2 heterocycles. The Labute approximate surface area is 114 Å². The molecule has 0 fully saturated rings. The number of thiophene rings is 1. The van der Waals surface area contributed by atoms with E-state index in [1.807, 2.05) is 12.1 Å². The Morgan fingerprint density at radius 3 is 2.94 bits per heavy atom. The number of pyridine rings is 1. The molecule has 4 nitrogen and oxygen atoms in total. The second kappa shape index (κ2) is 5.84. The van der Waals surface area contributed by atoms with Crippen molar-refractivity contribution in [1.29, 1.82) is 0 Å². The summed E-state index contributed by atoms with van der Waals surface area (Å²) >= 11 is 7.35. The minimum atomic E-state index is -0.147. The first-order valence-corrected chi connectivity index (χ1v) is 6.58. The van der Waals surface area contributed by atoms with Gasteiger partial charge in [-0.2, -0.15) is 0 Å². The topological polar surface area (TPSA) is 68.0 Å². The van der Waals surface area contributed by atoms with Crippen LogP contribution in [0.2, 0.25) is 4.34 Å². The molecule has 0 unspecified atom stereocenters. The summed E-state index contributed by atoms with van der Waals surface area (Å²) < 4.78 is 0.762. The van der Waals surface area contributed by atoms with Crippen LogP contribution in [0.3, 0.4) is 0 Å². The van der Waals surface area contributed by atoms with Gasteiger partial charge in [0.2, 0.25) is 0 Å². The molecule has 0 radical (unpaired) electrons. The molecule has 0 atom stereocenters. The number of nitrogen functional groups attached to an aromatic ring is 1. The molecule has 3 N–H and O–H groups in total. The van der Waals surface area contributed by atoms with E-state index in [1.165, 1.54) is 17.5 Å². The Morgan fingerprint density at radius 2 is 2.28 bits per heavy atom. The number of hydrogen-bond acceptors (Lipinski definition) is 4. The van der Waals surface area contributed by atoms with Crippen LogP contribution >= 0.6 is 22.9 Å². The van der Waals surface area contributed by atoms with Crippen molar-refractivity contribution in [3.63, 3.8) is 0 Å². The highest BCUT2D eigenvalue weighted by Crippen LogP contribution is 2.21. The molecule has 18 heavy (non-hydrogen) atoms. The van der Waals surface area contributed by atoms with Gasteiger partial charge in [-0.1, -0.05) is 11.6 Å². The first-order chi connectivity index (χ1) is 8.65. The molecule has 94 valence electrons. The minimum absolute atomic E-state index is 0.147. The van der Waals surface area contributed by atoms with E-state index in [9.17, 15) is 4.79 Å². The van der Waals surface area contributed by atoms with E-state index < -0.39 is 0 Å². The number of nitrogens with zero attached hydrogens (tertiary/aromatic N) is 1. The Hall–Kier alpha value is -1.59. The fourth-order valence-electron chi connectivity index (χ4n) is 1.48. The summed E-state index contributed by atoms with van der Waals surface area (Å²) in [6.07, 6.45) is 2.28. The molecule has 0 saturated carbocycles. The number of nitrogens with one attached hydrogen (secondary N) is 1. The lowest BCUT2D eigenvalue weighted by molar-refractivity contribution is 0.0954. The number of halogens is 1. The maximum atomic E-state index is 11.8. The molecule has 2 aromatic rings. The summed E-state index contributed by atoms with van der Waals surface area (Å²) in [5, 5.41) is 2.83. The Morgan fingerprint density at radius 1 is 1.44 bits per heavy atom. The maximum Gasteiger partial charge on any atom is 0.251 e. The third-order valence-corrected chi connectivity index (χ3v) is 3.62. The van der Waals surface area contributed by atoms with Crippen molar-refractivity contribution >= 4 is 34.7 Å². The molecule has 0 aliphatic carbocycles. The predicted octanol–water partition coefficient (Wildman–Crippen LogP) is 2.35. The van der Waals surface area contributed by atoms with Crippen molar-refractivity contribution in [2.24, 2.45) is 0 Å². The van der Waals surface area contributed by atoms with Gasteiger partial charge in [-0.3, -0.25) is 4.79 Å². The summed E-state index contributed by atoms with van der Waals surface area (Å²) in [5.74, 6) is 0.194. The van der Waals surface area contributed by atoms with Gasteiger partial charge in [0.15, 0.2) is 0 Å². The van der Waals surface area contributed by atoms with Crippen molar-refractivity contribution in [3.8, 4) is 0 Å². The summed E-state index contributed by atoms with van der Waals surface area (Å²) in [7, 11) is 0. The van der Waals surface area contributed by atoms with E-state index in [2.05, 4.69) is 10.3 Å². The third-order valence-electron chi connectivity index (χ3n) is 2.33. The van der Waals surface area contributed by atoms with E-state index >= 15 is 0 Å². The van der Waals surface area contributed by atoms with Crippen LogP contribution in [0.25, 0.3) is 0 Å². The van der Waals surface area contributed by atoms with Crippen LogP contribution in [0.1, 0.15) is 15.2 Å². The van der Waals surface area contributed by atoms with Gasteiger partial charge in [0, 0.05) is 23.2 Å². The molecule has 0 aromatic carbocycles. The second-order valence-electron chi connectivity index (χ2n) is 3.68. The van der Waals surface area contributed by atoms with Gasteiger partial charge in [-0.15, -0.1) is 11.3 Å². The van der Waals surface area contributed by atoms with Crippen LogP contribution < -0.4 is 11.1 Å². The average molecular weight is 282 g/mol. The van der Waals surface area contributed by atoms with Gasteiger partial charge in [-0.05, 0) is 30.7 Å². The number of hydrogen-bond donors (Lipinski definition) is 2. The largest absolute Gasteiger partial charge is 0.384 e. The monoisotopic (exact) mass is 281 g/mol. The lowest BCUT2D eigenvalue weighted by atomic mass is 10.2. The third kappa shape index (κ3) is 3.45. The summed E-state index contributed by atoms with van der Waals surface area (Å²) in [5.41, 5.74) is 6.03. The molecule has 2 rings (SSSR count). The molecular weight excluding hydrogens is 270 g/mol. The number of carbonyl (C=O) groups excluding carboxylic acids is 1. The van der Waals surface area contributed by atoms with Gasteiger partial charge < -0.3 is 11.1 Å². The highest BCUT2D eigenvalue weighted by molar-refractivity contribution is 7.16. The number of aromatic nitrogens is 1. The number of amides is 1. The summed E-state index contributed by atoms with van der Waals surface area (Å²) in [6, 6.07) is 7.00. The zero-order valence-electron chi connectivity index (χ0n) is 9.52. The van der Waals surface area contributed by atoms with Crippen LogP contribution in [0, 0.1) is 0 Å². The highest BCUT2D eigenvalue weighted by Gasteiger charge is 2.05. The van der Waals surface area contributed by atoms with Gasteiger partial charge in [0.25, 0.3) is 5.91 Å². The molecule has 0 spiro atoms. The second-order valence-corrected chi connectivity index (χ2v) is 5.48. The quantitative estimate of drug-likeness (QED) is 0.904. The van der Waals surface area contributed by atoms with E-state index in [4.69, 9.17) is 17.3 Å². The molecular formula is C12H12ClN3OS. The number of carbonyl (C=O) groups is 1. The van der Waals surface area contributed by atoms with E-state index in [-0.39, 0.29) is 5.91 Å². The van der Waals surface area contributed by atoms with Crippen LogP contribution in [-0.2, 0) is 6.42 Å². The molecule has 0 aliphatic heterocycles. The summed E-state index contributed by atoms with van der Waals surface area (Å²) in [4.78, 5) is 16.8. The first-order valence-electron chi connectivity index (χ1n) is 5.39. The molecule has 2 aromatic heterocycles.